The standard InChI is InChI=1S/C11H19Cl2NO2/c1-7(2)8(15)4-5-14-9(16)10(3)6-11(10,12)13/h7-8,15H,4-6H2,1-3H3,(H,14,16). The Hall–Kier alpha value is 0.01000. The fourth-order valence-corrected chi connectivity index (χ4v) is 2.21. The number of alkyl halides is 2. The van der Waals surface area contributed by atoms with Crippen LogP contribution in [0.25, 0.3) is 0 Å². The van der Waals surface area contributed by atoms with Gasteiger partial charge in [0.25, 0.3) is 0 Å². The van der Waals surface area contributed by atoms with Crippen molar-refractivity contribution in [2.75, 3.05) is 6.54 Å². The van der Waals surface area contributed by atoms with E-state index in [1.807, 2.05) is 13.8 Å². The molecule has 16 heavy (non-hydrogen) atoms. The number of hydrogen-bond donors (Lipinski definition) is 2. The van der Waals surface area contributed by atoms with Crippen LogP contribution in [0.15, 0.2) is 0 Å². The van der Waals surface area contributed by atoms with E-state index in [0.29, 0.717) is 19.4 Å². The number of aliphatic hydroxyl groups is 1. The van der Waals surface area contributed by atoms with Gasteiger partial charge < -0.3 is 10.4 Å². The first-order valence-electron chi connectivity index (χ1n) is 5.55. The molecule has 1 rings (SSSR count). The van der Waals surface area contributed by atoms with Crippen LogP contribution in [-0.4, -0.2) is 28.0 Å². The first-order chi connectivity index (χ1) is 7.21. The highest BCUT2D eigenvalue weighted by Gasteiger charge is 2.67. The lowest BCUT2D eigenvalue weighted by Gasteiger charge is -2.16. The highest BCUT2D eigenvalue weighted by molar-refractivity contribution is 6.53. The summed E-state index contributed by atoms with van der Waals surface area (Å²) in [5.74, 6) is 0.0713. The van der Waals surface area contributed by atoms with Crippen molar-refractivity contribution < 1.29 is 9.90 Å². The second kappa shape index (κ2) is 4.71. The molecule has 94 valence electrons. The van der Waals surface area contributed by atoms with E-state index in [-0.39, 0.29) is 17.9 Å². The Morgan fingerprint density at radius 3 is 2.38 bits per heavy atom. The van der Waals surface area contributed by atoms with Crippen LogP contribution in [-0.2, 0) is 4.79 Å². The highest BCUT2D eigenvalue weighted by atomic mass is 35.5. The lowest BCUT2D eigenvalue weighted by molar-refractivity contribution is -0.125. The van der Waals surface area contributed by atoms with Crippen LogP contribution in [0.3, 0.4) is 0 Å². The van der Waals surface area contributed by atoms with E-state index in [4.69, 9.17) is 23.2 Å². The molecule has 0 spiro atoms. The van der Waals surface area contributed by atoms with Crippen LogP contribution in [0.5, 0.6) is 0 Å². The summed E-state index contributed by atoms with van der Waals surface area (Å²) in [6.45, 7) is 6.09. The van der Waals surface area contributed by atoms with Crippen LogP contribution in [0, 0.1) is 11.3 Å². The number of carbonyl (C=O) groups excluding carboxylic acids is 1. The normalized spacial score (nSPS) is 28.9. The number of rotatable bonds is 5. The third kappa shape index (κ3) is 2.82. The summed E-state index contributed by atoms with van der Waals surface area (Å²) >= 11 is 11.8. The summed E-state index contributed by atoms with van der Waals surface area (Å²) in [6, 6.07) is 0. The van der Waals surface area contributed by atoms with E-state index >= 15 is 0 Å². The summed E-state index contributed by atoms with van der Waals surface area (Å²) in [6.07, 6.45) is 0.655. The minimum Gasteiger partial charge on any atom is -0.393 e. The van der Waals surface area contributed by atoms with Crippen molar-refractivity contribution in [3.05, 3.63) is 0 Å². The molecule has 2 atom stereocenters. The Balaban J connectivity index is 2.28. The van der Waals surface area contributed by atoms with Crippen LogP contribution in [0.1, 0.15) is 33.6 Å². The fourth-order valence-electron chi connectivity index (χ4n) is 1.51. The second-order valence-electron chi connectivity index (χ2n) is 5.07. The topological polar surface area (TPSA) is 49.3 Å². The van der Waals surface area contributed by atoms with Crippen LogP contribution in [0.2, 0.25) is 0 Å². The molecule has 3 nitrogen and oxygen atoms in total. The van der Waals surface area contributed by atoms with Gasteiger partial charge in [-0.2, -0.15) is 0 Å². The highest BCUT2D eigenvalue weighted by Crippen LogP contribution is 2.63. The monoisotopic (exact) mass is 267 g/mol. The van der Waals surface area contributed by atoms with Gasteiger partial charge in [-0.15, -0.1) is 23.2 Å². The Bertz CT molecular complexity index is 281. The summed E-state index contributed by atoms with van der Waals surface area (Å²) < 4.78 is -0.923. The molecule has 2 unspecified atom stereocenters. The number of aliphatic hydroxyl groups excluding tert-OH is 1. The van der Waals surface area contributed by atoms with E-state index < -0.39 is 9.75 Å². The van der Waals surface area contributed by atoms with Crippen LogP contribution < -0.4 is 5.32 Å². The number of carbonyl (C=O) groups is 1. The van der Waals surface area contributed by atoms with Gasteiger partial charge in [0.05, 0.1) is 11.5 Å². The molecule has 0 aromatic heterocycles. The molecule has 0 radical (unpaired) electrons. The van der Waals surface area contributed by atoms with Gasteiger partial charge in [0, 0.05) is 6.54 Å². The van der Waals surface area contributed by atoms with E-state index in [0.717, 1.165) is 0 Å². The van der Waals surface area contributed by atoms with Crippen molar-refractivity contribution in [3.8, 4) is 0 Å². The molecule has 1 aliphatic rings. The maximum atomic E-state index is 11.7. The smallest absolute Gasteiger partial charge is 0.229 e. The Morgan fingerprint density at radius 2 is 2.00 bits per heavy atom. The van der Waals surface area contributed by atoms with Gasteiger partial charge in [-0.3, -0.25) is 4.79 Å². The largest absolute Gasteiger partial charge is 0.393 e. The average Bonchev–Trinajstić information content (AvgIpc) is 2.66. The Labute approximate surface area is 106 Å². The molecule has 0 heterocycles. The van der Waals surface area contributed by atoms with E-state index in [9.17, 15) is 9.90 Å². The maximum absolute atomic E-state index is 11.7. The maximum Gasteiger partial charge on any atom is 0.229 e. The summed E-state index contributed by atoms with van der Waals surface area (Å²) in [5, 5.41) is 12.3. The summed E-state index contributed by atoms with van der Waals surface area (Å²) in [7, 11) is 0. The van der Waals surface area contributed by atoms with Crippen molar-refractivity contribution in [1.29, 1.82) is 0 Å². The zero-order valence-electron chi connectivity index (χ0n) is 9.89. The molecule has 0 aromatic carbocycles. The predicted molar refractivity (Wildman–Crippen MR) is 65.6 cm³/mol. The molecule has 1 saturated carbocycles. The molecular weight excluding hydrogens is 249 g/mol. The van der Waals surface area contributed by atoms with Crippen molar-refractivity contribution in [2.45, 2.75) is 44.1 Å². The van der Waals surface area contributed by atoms with Crippen molar-refractivity contribution in [2.24, 2.45) is 11.3 Å². The molecule has 1 fully saturated rings. The Kier molecular flexibility index (Phi) is 4.14. The van der Waals surface area contributed by atoms with Gasteiger partial charge in [0.2, 0.25) is 5.91 Å². The molecular formula is C11H19Cl2NO2. The van der Waals surface area contributed by atoms with Crippen LogP contribution >= 0.6 is 23.2 Å². The van der Waals surface area contributed by atoms with Gasteiger partial charge in [-0.05, 0) is 25.7 Å². The Morgan fingerprint density at radius 1 is 1.50 bits per heavy atom. The van der Waals surface area contributed by atoms with Gasteiger partial charge in [0.15, 0.2) is 0 Å². The fraction of sp³-hybridized carbons (Fsp3) is 0.909. The first-order valence-corrected chi connectivity index (χ1v) is 6.30. The number of hydrogen-bond acceptors (Lipinski definition) is 2. The molecule has 1 amide bonds. The summed E-state index contributed by atoms with van der Waals surface area (Å²) in [5.41, 5.74) is -0.668. The van der Waals surface area contributed by atoms with Gasteiger partial charge in [0.1, 0.15) is 4.33 Å². The number of nitrogens with one attached hydrogen (secondary N) is 1. The van der Waals surface area contributed by atoms with Gasteiger partial charge in [-0.25, -0.2) is 0 Å². The van der Waals surface area contributed by atoms with Gasteiger partial charge in [-0.1, -0.05) is 13.8 Å². The minimum absolute atomic E-state index is 0.131. The molecule has 5 heteroatoms. The summed E-state index contributed by atoms with van der Waals surface area (Å²) in [4.78, 5) is 11.7. The lowest BCUT2D eigenvalue weighted by atomic mass is 10.0. The molecule has 0 aromatic rings. The lowest BCUT2D eigenvalue weighted by Crippen LogP contribution is -2.35. The third-order valence-electron chi connectivity index (χ3n) is 3.25. The van der Waals surface area contributed by atoms with Crippen LogP contribution in [0.4, 0.5) is 0 Å². The SMILES string of the molecule is CC(C)C(O)CCNC(=O)C1(C)CC1(Cl)Cl. The van der Waals surface area contributed by atoms with E-state index in [1.54, 1.807) is 6.92 Å². The van der Waals surface area contributed by atoms with Crippen molar-refractivity contribution in [1.82, 2.24) is 5.32 Å². The average molecular weight is 268 g/mol. The molecule has 0 bridgehead atoms. The van der Waals surface area contributed by atoms with Gasteiger partial charge >= 0.3 is 0 Å². The van der Waals surface area contributed by atoms with E-state index in [2.05, 4.69) is 5.32 Å². The van der Waals surface area contributed by atoms with Crippen molar-refractivity contribution >= 4 is 29.1 Å². The second-order valence-corrected chi connectivity index (χ2v) is 6.55. The number of halogens is 2. The molecule has 1 aliphatic carbocycles. The first kappa shape index (κ1) is 14.1. The number of amides is 1. The minimum atomic E-state index is -0.923. The molecule has 2 N–H and O–H groups in total. The zero-order valence-corrected chi connectivity index (χ0v) is 11.4. The third-order valence-corrected chi connectivity index (χ3v) is 4.36. The van der Waals surface area contributed by atoms with Crippen molar-refractivity contribution in [3.63, 3.8) is 0 Å². The molecule has 0 aliphatic heterocycles. The predicted octanol–water partition coefficient (Wildman–Crippen LogP) is 2.09. The molecule has 0 saturated heterocycles. The quantitative estimate of drug-likeness (QED) is 0.750. The van der Waals surface area contributed by atoms with E-state index in [1.165, 1.54) is 0 Å². The zero-order chi connectivity index (χ0) is 12.6.